The highest BCUT2D eigenvalue weighted by atomic mass is 32.2. The van der Waals surface area contributed by atoms with E-state index < -0.39 is 5.97 Å². The van der Waals surface area contributed by atoms with Crippen LogP contribution in [0.2, 0.25) is 0 Å². The lowest BCUT2D eigenvalue weighted by Gasteiger charge is -2.05. The lowest BCUT2D eigenvalue weighted by molar-refractivity contribution is -0.133. The molecule has 3 rings (SSSR count). The number of carboxylic acids is 1. The second-order valence-electron chi connectivity index (χ2n) is 5.86. The van der Waals surface area contributed by atoms with E-state index in [0.29, 0.717) is 16.7 Å². The average Bonchev–Trinajstić information content (AvgIpc) is 3.06. The lowest BCUT2D eigenvalue weighted by Crippen LogP contribution is -2.07. The van der Waals surface area contributed by atoms with Crippen molar-refractivity contribution in [2.75, 3.05) is 11.1 Å². The van der Waals surface area contributed by atoms with Crippen LogP contribution in [0.1, 0.15) is 5.56 Å². The van der Waals surface area contributed by atoms with Gasteiger partial charge in [-0.05, 0) is 35.9 Å². The fraction of sp³-hybridized carbons (Fsp3) is 0.100. The molecule has 0 fully saturated rings. The molecule has 0 aliphatic carbocycles. The van der Waals surface area contributed by atoms with Gasteiger partial charge in [-0.3, -0.25) is 9.59 Å². The smallest absolute Gasteiger partial charge is 0.313 e. The van der Waals surface area contributed by atoms with Gasteiger partial charge < -0.3 is 15.0 Å². The molecule has 0 saturated carbocycles. The first-order chi connectivity index (χ1) is 13.5. The number of nitrogens with zero attached hydrogens (tertiary/aromatic N) is 3. The molecule has 0 aliphatic heterocycles. The van der Waals surface area contributed by atoms with Gasteiger partial charge in [-0.1, -0.05) is 42.1 Å². The van der Waals surface area contributed by atoms with Gasteiger partial charge in [0.25, 0.3) is 0 Å². The number of carbonyl (C=O) groups is 2. The minimum Gasteiger partial charge on any atom is -0.481 e. The molecule has 3 aromatic rings. The Morgan fingerprint density at radius 1 is 1.11 bits per heavy atom. The summed E-state index contributed by atoms with van der Waals surface area (Å²) in [5.74, 6) is -0.582. The van der Waals surface area contributed by atoms with Crippen LogP contribution in [0.15, 0.2) is 65.8 Å². The van der Waals surface area contributed by atoms with Gasteiger partial charge in [-0.25, -0.2) is 0 Å². The third-order valence-electron chi connectivity index (χ3n) is 3.80. The van der Waals surface area contributed by atoms with E-state index in [0.717, 1.165) is 22.9 Å². The van der Waals surface area contributed by atoms with Gasteiger partial charge in [0, 0.05) is 24.4 Å². The zero-order valence-electron chi connectivity index (χ0n) is 15.1. The highest BCUT2D eigenvalue weighted by Crippen LogP contribution is 2.23. The van der Waals surface area contributed by atoms with E-state index >= 15 is 0 Å². The Bertz CT molecular complexity index is 998. The van der Waals surface area contributed by atoms with Crippen molar-refractivity contribution in [2.45, 2.75) is 5.16 Å². The quantitative estimate of drug-likeness (QED) is 0.471. The van der Waals surface area contributed by atoms with Crippen molar-refractivity contribution >= 4 is 35.4 Å². The van der Waals surface area contributed by atoms with Crippen molar-refractivity contribution in [2.24, 2.45) is 7.05 Å². The molecule has 1 heterocycles. The van der Waals surface area contributed by atoms with Crippen LogP contribution >= 0.6 is 11.8 Å². The highest BCUT2D eigenvalue weighted by molar-refractivity contribution is 7.99. The third kappa shape index (κ3) is 5.08. The molecule has 0 aliphatic rings. The molecule has 0 atom stereocenters. The molecule has 2 N–H and O–H groups in total. The fourth-order valence-corrected chi connectivity index (χ4v) is 3.07. The Labute approximate surface area is 166 Å². The maximum atomic E-state index is 12.0. The summed E-state index contributed by atoms with van der Waals surface area (Å²) in [6.45, 7) is 0. The second-order valence-corrected chi connectivity index (χ2v) is 6.80. The summed E-state index contributed by atoms with van der Waals surface area (Å²) in [4.78, 5) is 22.7. The van der Waals surface area contributed by atoms with E-state index in [2.05, 4.69) is 15.5 Å². The van der Waals surface area contributed by atoms with Crippen LogP contribution in [0.4, 0.5) is 5.69 Å². The molecular weight excluding hydrogens is 376 g/mol. The molecule has 8 heteroatoms. The standard InChI is InChI=1S/C20H18N4O3S/c1-24-19(22-23-20(24)28-13-18(26)27)15-8-10-16(11-9-15)21-17(25)12-7-14-5-3-2-4-6-14/h2-12H,13H2,1H3,(H,21,25)(H,26,27)/b12-7-. The molecule has 0 saturated heterocycles. The minimum absolute atomic E-state index is 0.0760. The second kappa shape index (κ2) is 9.01. The van der Waals surface area contributed by atoms with E-state index in [1.54, 1.807) is 29.8 Å². The Kier molecular flexibility index (Phi) is 6.23. The zero-order chi connectivity index (χ0) is 19.9. The van der Waals surface area contributed by atoms with Crippen LogP contribution in [-0.2, 0) is 16.6 Å². The van der Waals surface area contributed by atoms with Crippen LogP contribution in [0.5, 0.6) is 0 Å². The van der Waals surface area contributed by atoms with Gasteiger partial charge in [0.05, 0.1) is 5.75 Å². The van der Waals surface area contributed by atoms with Gasteiger partial charge in [-0.15, -0.1) is 10.2 Å². The number of amides is 1. The van der Waals surface area contributed by atoms with Crippen molar-refractivity contribution in [3.63, 3.8) is 0 Å². The van der Waals surface area contributed by atoms with E-state index in [9.17, 15) is 9.59 Å². The summed E-state index contributed by atoms with van der Waals surface area (Å²) in [5.41, 5.74) is 2.43. The summed E-state index contributed by atoms with van der Waals surface area (Å²) in [6, 6.07) is 16.8. The number of aromatic nitrogens is 3. The number of aliphatic carboxylic acids is 1. The van der Waals surface area contributed by atoms with E-state index in [1.807, 2.05) is 42.5 Å². The number of carbonyl (C=O) groups excluding carboxylic acids is 1. The maximum Gasteiger partial charge on any atom is 0.313 e. The third-order valence-corrected chi connectivity index (χ3v) is 4.80. The first-order valence-electron chi connectivity index (χ1n) is 8.41. The zero-order valence-corrected chi connectivity index (χ0v) is 15.9. The van der Waals surface area contributed by atoms with Crippen LogP contribution in [-0.4, -0.2) is 37.5 Å². The van der Waals surface area contributed by atoms with Crippen LogP contribution in [0, 0.1) is 0 Å². The van der Waals surface area contributed by atoms with Gasteiger partial charge in [-0.2, -0.15) is 0 Å². The van der Waals surface area contributed by atoms with Gasteiger partial charge in [0.1, 0.15) is 0 Å². The average molecular weight is 394 g/mol. The molecule has 2 aromatic carbocycles. The monoisotopic (exact) mass is 394 g/mol. The SMILES string of the molecule is Cn1c(SCC(=O)O)nnc1-c1ccc(NC(=O)/C=C\c2ccccc2)cc1. The number of nitrogens with one attached hydrogen (secondary N) is 1. The number of carboxylic acid groups (broad SMARTS) is 1. The van der Waals surface area contributed by atoms with E-state index in [4.69, 9.17) is 5.11 Å². The van der Waals surface area contributed by atoms with Gasteiger partial charge in [0.15, 0.2) is 11.0 Å². The lowest BCUT2D eigenvalue weighted by atomic mass is 10.2. The molecule has 0 spiro atoms. The summed E-state index contributed by atoms with van der Waals surface area (Å²) in [7, 11) is 1.78. The normalized spacial score (nSPS) is 10.9. The number of hydrogen-bond acceptors (Lipinski definition) is 5. The van der Waals surface area contributed by atoms with Crippen molar-refractivity contribution < 1.29 is 14.7 Å². The fourth-order valence-electron chi connectivity index (χ4n) is 2.44. The van der Waals surface area contributed by atoms with Gasteiger partial charge in [0.2, 0.25) is 5.91 Å². The summed E-state index contributed by atoms with van der Waals surface area (Å²) >= 11 is 1.11. The Morgan fingerprint density at radius 2 is 1.82 bits per heavy atom. The maximum absolute atomic E-state index is 12.0. The van der Waals surface area contributed by atoms with Crippen LogP contribution in [0.3, 0.4) is 0 Å². The molecule has 28 heavy (non-hydrogen) atoms. The molecule has 142 valence electrons. The molecule has 1 aromatic heterocycles. The Hall–Kier alpha value is -3.39. The molecule has 0 radical (unpaired) electrons. The number of thioether (sulfide) groups is 1. The van der Waals surface area contributed by atoms with Gasteiger partial charge >= 0.3 is 5.97 Å². The van der Waals surface area contributed by atoms with Crippen molar-refractivity contribution in [3.8, 4) is 11.4 Å². The highest BCUT2D eigenvalue weighted by Gasteiger charge is 2.12. The number of benzene rings is 2. The predicted octanol–water partition coefficient (Wildman–Crippen LogP) is 3.31. The molecule has 7 nitrogen and oxygen atoms in total. The number of anilines is 1. The summed E-state index contributed by atoms with van der Waals surface area (Å²) < 4.78 is 1.74. The van der Waals surface area contributed by atoms with E-state index in [-0.39, 0.29) is 11.7 Å². The predicted molar refractivity (Wildman–Crippen MR) is 109 cm³/mol. The summed E-state index contributed by atoms with van der Waals surface area (Å²) in [5, 5.41) is 20.3. The van der Waals surface area contributed by atoms with E-state index in [1.165, 1.54) is 6.08 Å². The van der Waals surface area contributed by atoms with Crippen LogP contribution in [0.25, 0.3) is 17.5 Å². The van der Waals surface area contributed by atoms with Crippen molar-refractivity contribution in [1.29, 1.82) is 0 Å². The first kappa shape index (κ1) is 19.4. The van der Waals surface area contributed by atoms with Crippen molar-refractivity contribution in [3.05, 3.63) is 66.2 Å². The number of hydrogen-bond donors (Lipinski definition) is 2. The first-order valence-corrected chi connectivity index (χ1v) is 9.40. The number of rotatable bonds is 7. The van der Waals surface area contributed by atoms with Crippen molar-refractivity contribution in [1.82, 2.24) is 14.8 Å². The Morgan fingerprint density at radius 3 is 2.50 bits per heavy atom. The topological polar surface area (TPSA) is 97.1 Å². The Balaban J connectivity index is 1.64. The van der Waals surface area contributed by atoms with Crippen LogP contribution < -0.4 is 5.32 Å². The molecule has 0 unspecified atom stereocenters. The largest absolute Gasteiger partial charge is 0.481 e. The molecular formula is C20H18N4O3S. The minimum atomic E-state index is -0.907. The molecule has 1 amide bonds. The summed E-state index contributed by atoms with van der Waals surface area (Å²) in [6.07, 6.45) is 3.23. The molecule has 0 bridgehead atoms.